The number of nitrogens with zero attached hydrogens (tertiary/aromatic N) is 1. The van der Waals surface area contributed by atoms with E-state index in [4.69, 9.17) is 0 Å². The number of aromatic nitrogens is 1. The van der Waals surface area contributed by atoms with Gasteiger partial charge in [0.25, 0.3) is 0 Å². The maximum atomic E-state index is 13.2. The molecule has 21 heavy (non-hydrogen) atoms. The zero-order valence-corrected chi connectivity index (χ0v) is 12.9. The topological polar surface area (TPSA) is 42.0 Å². The number of hydrogen-bond acceptors (Lipinski definition) is 3. The molecule has 0 saturated carbocycles. The zero-order chi connectivity index (χ0) is 15.1. The van der Waals surface area contributed by atoms with Crippen molar-refractivity contribution in [2.24, 2.45) is 0 Å². The molecule has 5 heteroatoms. The van der Waals surface area contributed by atoms with Gasteiger partial charge >= 0.3 is 0 Å². The molecule has 1 heterocycles. The molecular weight excluding hydrogens is 287 g/mol. The number of carbonyl (C=O) groups excluding carboxylic acids is 1. The van der Waals surface area contributed by atoms with Gasteiger partial charge < -0.3 is 5.32 Å². The van der Waals surface area contributed by atoms with Crippen molar-refractivity contribution in [1.82, 2.24) is 10.3 Å². The molecular formula is C16H19FN2OS. The van der Waals surface area contributed by atoms with Crippen LogP contribution in [0.2, 0.25) is 0 Å². The Morgan fingerprint density at radius 3 is 3.00 bits per heavy atom. The highest BCUT2D eigenvalue weighted by Gasteiger charge is 2.09. The van der Waals surface area contributed by atoms with Crippen LogP contribution in [0.1, 0.15) is 31.9 Å². The summed E-state index contributed by atoms with van der Waals surface area (Å²) in [6, 6.07) is 6.33. The van der Waals surface area contributed by atoms with Crippen LogP contribution in [0.4, 0.5) is 4.39 Å². The lowest BCUT2D eigenvalue weighted by molar-refractivity contribution is -0.120. The second-order valence-electron chi connectivity index (χ2n) is 4.89. The maximum Gasteiger partial charge on any atom is 0.226 e. The van der Waals surface area contributed by atoms with Gasteiger partial charge in [-0.3, -0.25) is 4.79 Å². The van der Waals surface area contributed by atoms with E-state index in [-0.39, 0.29) is 18.1 Å². The highest BCUT2D eigenvalue weighted by molar-refractivity contribution is 7.13. The molecule has 0 bridgehead atoms. The molecule has 0 spiro atoms. The fraction of sp³-hybridized carbons (Fsp3) is 0.375. The number of thiazole rings is 1. The molecule has 2 aromatic rings. The Hall–Kier alpha value is -1.75. The average molecular weight is 306 g/mol. The molecule has 0 saturated heterocycles. The minimum Gasteiger partial charge on any atom is -0.356 e. The number of carbonyl (C=O) groups is 1. The SMILES string of the molecule is CCCCCNC(=O)Cc1csc(-c2cccc(F)c2)n1. The van der Waals surface area contributed by atoms with Crippen molar-refractivity contribution in [2.75, 3.05) is 6.54 Å². The fourth-order valence-corrected chi connectivity index (χ4v) is 2.79. The van der Waals surface area contributed by atoms with Gasteiger partial charge in [0.15, 0.2) is 0 Å². The number of amides is 1. The predicted octanol–water partition coefficient (Wildman–Crippen LogP) is 3.80. The van der Waals surface area contributed by atoms with Crippen LogP contribution in [0.25, 0.3) is 10.6 Å². The van der Waals surface area contributed by atoms with Gasteiger partial charge in [-0.1, -0.05) is 31.9 Å². The summed E-state index contributed by atoms with van der Waals surface area (Å²) in [4.78, 5) is 16.2. The Morgan fingerprint density at radius 1 is 1.38 bits per heavy atom. The Bertz CT molecular complexity index is 597. The monoisotopic (exact) mass is 306 g/mol. The quantitative estimate of drug-likeness (QED) is 0.791. The predicted molar refractivity (Wildman–Crippen MR) is 83.7 cm³/mol. The first-order chi connectivity index (χ1) is 10.2. The van der Waals surface area contributed by atoms with Gasteiger partial charge in [-0.2, -0.15) is 0 Å². The van der Waals surface area contributed by atoms with E-state index in [0.717, 1.165) is 35.5 Å². The van der Waals surface area contributed by atoms with Gasteiger partial charge in [-0.25, -0.2) is 9.37 Å². The second kappa shape index (κ2) is 7.88. The fourth-order valence-electron chi connectivity index (χ4n) is 1.97. The van der Waals surface area contributed by atoms with Crippen LogP contribution in [-0.4, -0.2) is 17.4 Å². The Kier molecular flexibility index (Phi) is 5.87. The second-order valence-corrected chi connectivity index (χ2v) is 5.75. The molecule has 0 unspecified atom stereocenters. The first kappa shape index (κ1) is 15.6. The Labute approximate surface area is 128 Å². The number of rotatable bonds is 7. The number of nitrogens with one attached hydrogen (secondary N) is 1. The number of hydrogen-bond donors (Lipinski definition) is 1. The summed E-state index contributed by atoms with van der Waals surface area (Å²) in [6.07, 6.45) is 3.55. The minimum absolute atomic E-state index is 0.0119. The van der Waals surface area contributed by atoms with Gasteiger partial charge in [-0.05, 0) is 18.6 Å². The van der Waals surface area contributed by atoms with Crippen molar-refractivity contribution in [2.45, 2.75) is 32.6 Å². The minimum atomic E-state index is -0.280. The molecule has 0 atom stereocenters. The molecule has 1 aromatic heterocycles. The van der Waals surface area contributed by atoms with Crippen LogP contribution in [0, 0.1) is 5.82 Å². The summed E-state index contributed by atoms with van der Waals surface area (Å²) >= 11 is 1.43. The van der Waals surface area contributed by atoms with Crippen molar-refractivity contribution in [3.63, 3.8) is 0 Å². The van der Waals surface area contributed by atoms with E-state index >= 15 is 0 Å². The molecule has 112 valence electrons. The first-order valence-corrected chi connectivity index (χ1v) is 8.04. The molecule has 3 nitrogen and oxygen atoms in total. The van der Waals surface area contributed by atoms with Gasteiger partial charge in [0.1, 0.15) is 10.8 Å². The summed E-state index contributed by atoms with van der Waals surface area (Å²) in [5, 5.41) is 5.48. The highest BCUT2D eigenvalue weighted by atomic mass is 32.1. The van der Waals surface area contributed by atoms with Gasteiger partial charge in [0.05, 0.1) is 12.1 Å². The third kappa shape index (κ3) is 4.93. The summed E-state index contributed by atoms with van der Waals surface area (Å²) in [5.74, 6) is -0.292. The van der Waals surface area contributed by atoms with E-state index in [1.807, 2.05) is 11.4 Å². The van der Waals surface area contributed by atoms with E-state index in [1.54, 1.807) is 6.07 Å². The third-order valence-corrected chi connectivity index (χ3v) is 4.01. The number of unbranched alkanes of at least 4 members (excludes halogenated alkanes) is 2. The summed E-state index contributed by atoms with van der Waals surface area (Å²) in [5.41, 5.74) is 1.47. The van der Waals surface area contributed by atoms with E-state index in [2.05, 4.69) is 17.2 Å². The smallest absolute Gasteiger partial charge is 0.226 e. The summed E-state index contributed by atoms with van der Waals surface area (Å²) in [7, 11) is 0. The van der Waals surface area contributed by atoms with Crippen LogP contribution in [0.15, 0.2) is 29.6 Å². The normalized spacial score (nSPS) is 10.6. The largest absolute Gasteiger partial charge is 0.356 e. The van der Waals surface area contributed by atoms with Crippen LogP contribution in [0.3, 0.4) is 0 Å². The van der Waals surface area contributed by atoms with Gasteiger partial charge in [-0.15, -0.1) is 11.3 Å². The highest BCUT2D eigenvalue weighted by Crippen LogP contribution is 2.24. The molecule has 1 aromatic carbocycles. The lowest BCUT2D eigenvalue weighted by Crippen LogP contribution is -2.26. The molecule has 0 aliphatic heterocycles. The third-order valence-electron chi connectivity index (χ3n) is 3.07. The van der Waals surface area contributed by atoms with Gasteiger partial charge in [0, 0.05) is 17.5 Å². The van der Waals surface area contributed by atoms with Crippen LogP contribution in [0.5, 0.6) is 0 Å². The molecule has 0 aliphatic rings. The molecule has 2 rings (SSSR count). The van der Waals surface area contributed by atoms with E-state index in [1.165, 1.54) is 23.5 Å². The lowest BCUT2D eigenvalue weighted by atomic mass is 10.2. The van der Waals surface area contributed by atoms with Crippen LogP contribution < -0.4 is 5.32 Å². The van der Waals surface area contributed by atoms with E-state index in [0.29, 0.717) is 6.54 Å². The van der Waals surface area contributed by atoms with Crippen molar-refractivity contribution in [3.05, 3.63) is 41.2 Å². The van der Waals surface area contributed by atoms with Crippen molar-refractivity contribution < 1.29 is 9.18 Å². The van der Waals surface area contributed by atoms with Crippen molar-refractivity contribution in [3.8, 4) is 10.6 Å². The van der Waals surface area contributed by atoms with E-state index < -0.39 is 0 Å². The molecule has 1 amide bonds. The van der Waals surface area contributed by atoms with Crippen molar-refractivity contribution >= 4 is 17.2 Å². The summed E-state index contributed by atoms with van der Waals surface area (Å²) in [6.45, 7) is 2.85. The zero-order valence-electron chi connectivity index (χ0n) is 12.1. The molecule has 1 N–H and O–H groups in total. The van der Waals surface area contributed by atoms with Crippen LogP contribution >= 0.6 is 11.3 Å². The van der Waals surface area contributed by atoms with Gasteiger partial charge in [0.2, 0.25) is 5.91 Å². The number of halogens is 1. The Morgan fingerprint density at radius 2 is 2.24 bits per heavy atom. The molecule has 0 aliphatic carbocycles. The molecule has 0 fully saturated rings. The lowest BCUT2D eigenvalue weighted by Gasteiger charge is -2.02. The van der Waals surface area contributed by atoms with Crippen LogP contribution in [-0.2, 0) is 11.2 Å². The van der Waals surface area contributed by atoms with Crippen molar-refractivity contribution in [1.29, 1.82) is 0 Å². The first-order valence-electron chi connectivity index (χ1n) is 7.16. The standard InChI is InChI=1S/C16H19FN2OS/c1-2-3-4-8-18-15(20)10-14-11-21-16(19-14)12-6-5-7-13(17)9-12/h5-7,9,11H,2-4,8,10H2,1H3,(H,18,20). The Balaban J connectivity index is 1.90. The van der Waals surface area contributed by atoms with E-state index in [9.17, 15) is 9.18 Å². The number of benzene rings is 1. The summed E-state index contributed by atoms with van der Waals surface area (Å²) < 4.78 is 13.2. The molecule has 0 radical (unpaired) electrons. The average Bonchev–Trinajstić information content (AvgIpc) is 2.92. The maximum absolute atomic E-state index is 13.2.